The normalized spacial score (nSPS) is 33.6. The molecule has 3 saturated carbocycles. The van der Waals surface area contributed by atoms with E-state index in [0.29, 0.717) is 18.0 Å². The van der Waals surface area contributed by atoms with E-state index >= 15 is 0 Å². The molecule has 3 aliphatic rings. The molecule has 0 aromatic rings. The Kier molecular flexibility index (Phi) is 4.28. The lowest BCUT2D eigenvalue weighted by molar-refractivity contribution is -0.127. The molecular weight excluding hydrogens is 262 g/mol. The highest BCUT2D eigenvalue weighted by Crippen LogP contribution is 2.39. The first-order valence-corrected chi connectivity index (χ1v) is 8.83. The molecule has 4 nitrogen and oxygen atoms in total. The van der Waals surface area contributed by atoms with Gasteiger partial charge in [0.2, 0.25) is 5.91 Å². The van der Waals surface area contributed by atoms with Crippen molar-refractivity contribution < 1.29 is 4.79 Å². The number of carbonyl (C=O) groups is 1. The number of primary amides is 1. The molecule has 0 bridgehead atoms. The van der Waals surface area contributed by atoms with Gasteiger partial charge in [0.15, 0.2) is 0 Å². The SMILES string of the molecule is CC(C)CN(C1CC1)C1CCCC(NC2CC2)(C(N)=O)C1. The van der Waals surface area contributed by atoms with Crippen LogP contribution in [-0.2, 0) is 4.79 Å². The monoisotopic (exact) mass is 293 g/mol. The molecule has 3 rings (SSSR count). The molecule has 0 radical (unpaired) electrons. The molecule has 0 spiro atoms. The summed E-state index contributed by atoms with van der Waals surface area (Å²) in [4.78, 5) is 14.8. The third-order valence-corrected chi connectivity index (χ3v) is 5.32. The second-order valence-electron chi connectivity index (χ2n) is 7.94. The molecule has 4 heteroatoms. The zero-order valence-corrected chi connectivity index (χ0v) is 13.6. The van der Waals surface area contributed by atoms with E-state index < -0.39 is 5.54 Å². The molecule has 0 saturated heterocycles. The quantitative estimate of drug-likeness (QED) is 0.755. The van der Waals surface area contributed by atoms with Gasteiger partial charge >= 0.3 is 0 Å². The predicted molar refractivity (Wildman–Crippen MR) is 84.9 cm³/mol. The van der Waals surface area contributed by atoms with Crippen LogP contribution >= 0.6 is 0 Å². The molecule has 2 atom stereocenters. The van der Waals surface area contributed by atoms with Crippen LogP contribution < -0.4 is 11.1 Å². The molecule has 1 amide bonds. The molecule has 120 valence electrons. The smallest absolute Gasteiger partial charge is 0.237 e. The van der Waals surface area contributed by atoms with Crippen LogP contribution in [-0.4, -0.2) is 41.0 Å². The number of nitrogens with two attached hydrogens (primary N) is 1. The van der Waals surface area contributed by atoms with Crippen LogP contribution in [0.3, 0.4) is 0 Å². The number of hydrogen-bond acceptors (Lipinski definition) is 3. The number of nitrogens with zero attached hydrogens (tertiary/aromatic N) is 1. The summed E-state index contributed by atoms with van der Waals surface area (Å²) in [5.41, 5.74) is 5.38. The first kappa shape index (κ1) is 15.3. The van der Waals surface area contributed by atoms with E-state index in [9.17, 15) is 4.79 Å². The van der Waals surface area contributed by atoms with Gasteiger partial charge in [-0.2, -0.15) is 0 Å². The van der Waals surface area contributed by atoms with E-state index in [0.717, 1.165) is 31.8 Å². The topological polar surface area (TPSA) is 58.4 Å². The highest BCUT2D eigenvalue weighted by Gasteiger charge is 2.47. The summed E-state index contributed by atoms with van der Waals surface area (Å²) in [6, 6.07) is 1.84. The molecule has 21 heavy (non-hydrogen) atoms. The van der Waals surface area contributed by atoms with Crippen molar-refractivity contribution in [3.8, 4) is 0 Å². The number of nitrogens with one attached hydrogen (secondary N) is 1. The fourth-order valence-corrected chi connectivity index (χ4v) is 4.00. The molecule has 0 aromatic heterocycles. The van der Waals surface area contributed by atoms with Gasteiger partial charge in [0, 0.05) is 24.7 Å². The summed E-state index contributed by atoms with van der Waals surface area (Å²) in [5, 5.41) is 3.60. The third-order valence-electron chi connectivity index (χ3n) is 5.32. The van der Waals surface area contributed by atoms with Crippen molar-refractivity contribution in [3.63, 3.8) is 0 Å². The number of hydrogen-bond donors (Lipinski definition) is 2. The minimum absolute atomic E-state index is 0.126. The lowest BCUT2D eigenvalue weighted by Gasteiger charge is -2.44. The number of carbonyl (C=O) groups excluding carboxylic acids is 1. The Morgan fingerprint density at radius 3 is 2.48 bits per heavy atom. The summed E-state index contributed by atoms with van der Waals surface area (Å²) in [6.45, 7) is 5.75. The van der Waals surface area contributed by atoms with Gasteiger partial charge in [-0.15, -0.1) is 0 Å². The summed E-state index contributed by atoms with van der Waals surface area (Å²) >= 11 is 0. The van der Waals surface area contributed by atoms with Gasteiger partial charge in [-0.05, 0) is 57.3 Å². The Morgan fingerprint density at radius 1 is 1.24 bits per heavy atom. The molecule has 3 N–H and O–H groups in total. The van der Waals surface area contributed by atoms with Crippen molar-refractivity contribution in [2.24, 2.45) is 11.7 Å². The van der Waals surface area contributed by atoms with Gasteiger partial charge in [-0.3, -0.25) is 9.69 Å². The van der Waals surface area contributed by atoms with Crippen LogP contribution in [0.4, 0.5) is 0 Å². The zero-order chi connectivity index (χ0) is 15.0. The van der Waals surface area contributed by atoms with Crippen LogP contribution in [0.2, 0.25) is 0 Å². The van der Waals surface area contributed by atoms with E-state index in [4.69, 9.17) is 5.73 Å². The lowest BCUT2D eigenvalue weighted by Crippen LogP contribution is -2.61. The van der Waals surface area contributed by atoms with Crippen LogP contribution in [0.25, 0.3) is 0 Å². The van der Waals surface area contributed by atoms with Gasteiger partial charge < -0.3 is 11.1 Å². The molecule has 0 aromatic carbocycles. The largest absolute Gasteiger partial charge is 0.368 e. The molecule has 2 unspecified atom stereocenters. The minimum atomic E-state index is -0.436. The van der Waals surface area contributed by atoms with E-state index in [1.165, 1.54) is 32.1 Å². The van der Waals surface area contributed by atoms with E-state index in [2.05, 4.69) is 24.1 Å². The molecule has 3 fully saturated rings. The van der Waals surface area contributed by atoms with Crippen molar-refractivity contribution in [1.82, 2.24) is 10.2 Å². The van der Waals surface area contributed by atoms with Gasteiger partial charge in [-0.1, -0.05) is 13.8 Å². The maximum absolute atomic E-state index is 12.2. The first-order chi connectivity index (χ1) is 10.00. The first-order valence-electron chi connectivity index (χ1n) is 8.83. The summed E-state index contributed by atoms with van der Waals surface area (Å²) < 4.78 is 0. The fourth-order valence-electron chi connectivity index (χ4n) is 4.00. The Hall–Kier alpha value is -0.610. The summed E-state index contributed by atoms with van der Waals surface area (Å²) in [6.07, 6.45) is 9.28. The molecule has 0 heterocycles. The van der Waals surface area contributed by atoms with Gasteiger partial charge in [0.1, 0.15) is 0 Å². The maximum atomic E-state index is 12.2. The van der Waals surface area contributed by atoms with E-state index in [1.807, 2.05) is 0 Å². The summed E-state index contributed by atoms with van der Waals surface area (Å²) in [5.74, 6) is 0.561. The van der Waals surface area contributed by atoms with Gasteiger partial charge in [0.25, 0.3) is 0 Å². The Labute approximate surface area is 128 Å². The fraction of sp³-hybridized carbons (Fsp3) is 0.941. The van der Waals surface area contributed by atoms with E-state index in [1.54, 1.807) is 0 Å². The van der Waals surface area contributed by atoms with Crippen LogP contribution in [0.15, 0.2) is 0 Å². The minimum Gasteiger partial charge on any atom is -0.368 e. The average Bonchev–Trinajstić information content (AvgIpc) is 3.29. The van der Waals surface area contributed by atoms with Crippen molar-refractivity contribution in [2.75, 3.05) is 6.54 Å². The molecular formula is C17H31N3O. The average molecular weight is 293 g/mol. The highest BCUT2D eigenvalue weighted by molar-refractivity contribution is 5.85. The Balaban J connectivity index is 1.71. The summed E-state index contributed by atoms with van der Waals surface area (Å²) in [7, 11) is 0. The van der Waals surface area contributed by atoms with Gasteiger partial charge in [-0.25, -0.2) is 0 Å². The highest BCUT2D eigenvalue weighted by atomic mass is 16.1. The van der Waals surface area contributed by atoms with Crippen molar-refractivity contribution in [2.45, 2.75) is 88.9 Å². The second-order valence-corrected chi connectivity index (χ2v) is 7.94. The van der Waals surface area contributed by atoms with Crippen LogP contribution in [0, 0.1) is 5.92 Å². The van der Waals surface area contributed by atoms with Gasteiger partial charge in [0.05, 0.1) is 5.54 Å². The Morgan fingerprint density at radius 2 is 1.95 bits per heavy atom. The third kappa shape index (κ3) is 3.59. The van der Waals surface area contributed by atoms with Crippen LogP contribution in [0.5, 0.6) is 0 Å². The zero-order valence-electron chi connectivity index (χ0n) is 13.6. The Bertz CT molecular complexity index is 389. The number of amides is 1. The van der Waals surface area contributed by atoms with E-state index in [-0.39, 0.29) is 5.91 Å². The van der Waals surface area contributed by atoms with Crippen molar-refractivity contribution in [3.05, 3.63) is 0 Å². The second kappa shape index (κ2) is 5.88. The lowest BCUT2D eigenvalue weighted by atomic mass is 9.77. The standard InChI is InChI=1S/C17H31N3O/c1-12(2)11-20(14-7-8-14)15-4-3-9-17(10-15,16(18)21)19-13-5-6-13/h12-15,19H,3-11H2,1-2H3,(H2,18,21). The number of rotatable bonds is 7. The van der Waals surface area contributed by atoms with Crippen molar-refractivity contribution in [1.29, 1.82) is 0 Å². The maximum Gasteiger partial charge on any atom is 0.237 e. The predicted octanol–water partition coefficient (Wildman–Crippen LogP) is 2.03. The van der Waals surface area contributed by atoms with Crippen LogP contribution in [0.1, 0.15) is 65.2 Å². The van der Waals surface area contributed by atoms with Crippen molar-refractivity contribution >= 4 is 5.91 Å². The molecule has 3 aliphatic carbocycles. The molecule has 0 aliphatic heterocycles.